The second kappa shape index (κ2) is 10.8. The monoisotopic (exact) mass is 501 g/mol. The zero-order chi connectivity index (χ0) is 25.8. The first-order chi connectivity index (χ1) is 17.2. The molecule has 3 atom stereocenters. The van der Waals surface area contributed by atoms with Crippen LogP contribution in [0.4, 0.5) is 13.2 Å². The summed E-state index contributed by atoms with van der Waals surface area (Å²) in [6, 6.07) is 11.2. The number of hydrogen-bond acceptors (Lipinski definition) is 6. The maximum Gasteiger partial charge on any atom is 0.298 e. The molecule has 0 aliphatic carbocycles. The summed E-state index contributed by atoms with van der Waals surface area (Å²) in [6.07, 6.45) is -2.89. The van der Waals surface area contributed by atoms with Gasteiger partial charge in [-0.25, -0.2) is 17.9 Å². The Balaban J connectivity index is 1.55. The molecule has 0 bridgehead atoms. The maximum atomic E-state index is 14.4. The average molecular weight is 502 g/mol. The predicted molar refractivity (Wildman–Crippen MR) is 123 cm³/mol. The van der Waals surface area contributed by atoms with Gasteiger partial charge in [-0.3, -0.25) is 14.6 Å². The second-order valence-electron chi connectivity index (χ2n) is 8.91. The molecular formula is C24H26F3N7O2. The van der Waals surface area contributed by atoms with Gasteiger partial charge in [-0.1, -0.05) is 50.2 Å². The third kappa shape index (κ3) is 5.52. The molecule has 4 rings (SSSR count). The fourth-order valence-electron chi connectivity index (χ4n) is 4.15. The lowest BCUT2D eigenvalue weighted by Crippen LogP contribution is -2.48. The fourth-order valence-corrected chi connectivity index (χ4v) is 4.15. The number of pyridine rings is 1. The van der Waals surface area contributed by atoms with E-state index in [-0.39, 0.29) is 18.9 Å². The second-order valence-corrected chi connectivity index (χ2v) is 8.91. The van der Waals surface area contributed by atoms with Crippen molar-refractivity contribution >= 4 is 11.8 Å². The molecule has 1 fully saturated rings. The van der Waals surface area contributed by atoms with E-state index >= 15 is 0 Å². The van der Waals surface area contributed by atoms with E-state index in [1.54, 1.807) is 6.20 Å². The lowest BCUT2D eigenvalue weighted by atomic mass is 10.00. The molecule has 2 amide bonds. The molecule has 1 aliphatic rings. The summed E-state index contributed by atoms with van der Waals surface area (Å²) in [5.74, 6) is -1.81. The Morgan fingerprint density at radius 1 is 1.11 bits per heavy atom. The Morgan fingerprint density at radius 2 is 1.86 bits per heavy atom. The lowest BCUT2D eigenvalue weighted by molar-refractivity contribution is -0.139. The van der Waals surface area contributed by atoms with Crippen molar-refractivity contribution in [1.29, 1.82) is 0 Å². The number of carbonyl (C=O) groups is 2. The molecule has 36 heavy (non-hydrogen) atoms. The largest absolute Gasteiger partial charge is 0.342 e. The standard InChI is InChI=1S/C24H26F3N7O2/c1-14(2)16-8-9-18(28-11-16)21(15-6-4-3-5-7-15)29-24(36)19-10-17(25)12-33(19)20(35)13-34-23(22(26)27)30-31-32-34/h3-9,11,14,17,19,21-22H,10,12-13H2,1-2H3,(H,29,36). The Morgan fingerprint density at radius 3 is 2.50 bits per heavy atom. The Hall–Kier alpha value is -3.83. The van der Waals surface area contributed by atoms with E-state index < -0.39 is 48.9 Å². The van der Waals surface area contributed by atoms with E-state index in [1.165, 1.54) is 0 Å². The van der Waals surface area contributed by atoms with E-state index in [9.17, 15) is 22.8 Å². The smallest absolute Gasteiger partial charge is 0.298 e. The van der Waals surface area contributed by atoms with Gasteiger partial charge < -0.3 is 10.2 Å². The highest BCUT2D eigenvalue weighted by Crippen LogP contribution is 2.26. The summed E-state index contributed by atoms with van der Waals surface area (Å²) in [4.78, 5) is 31.8. The summed E-state index contributed by atoms with van der Waals surface area (Å²) in [6.45, 7) is 3.13. The van der Waals surface area contributed by atoms with Gasteiger partial charge >= 0.3 is 0 Å². The Bertz CT molecular complexity index is 1190. The molecule has 0 saturated carbocycles. The SMILES string of the molecule is CC(C)c1ccc(C(NC(=O)C2CC(F)CN2C(=O)Cn2nnnc2C(F)F)c2ccccc2)nc1. The minimum absolute atomic E-state index is 0.212. The van der Waals surface area contributed by atoms with E-state index in [1.807, 2.05) is 56.3 Å². The molecule has 3 unspecified atom stereocenters. The van der Waals surface area contributed by atoms with Crippen LogP contribution in [0.2, 0.25) is 0 Å². The summed E-state index contributed by atoms with van der Waals surface area (Å²) in [7, 11) is 0. The first-order valence-corrected chi connectivity index (χ1v) is 11.5. The molecule has 1 aliphatic heterocycles. The number of aromatic nitrogens is 5. The molecule has 3 aromatic rings. The molecule has 1 aromatic carbocycles. The maximum absolute atomic E-state index is 14.4. The topological polar surface area (TPSA) is 106 Å². The van der Waals surface area contributed by atoms with Gasteiger partial charge in [-0.2, -0.15) is 0 Å². The molecular weight excluding hydrogens is 475 g/mol. The van der Waals surface area contributed by atoms with Crippen molar-refractivity contribution in [2.45, 2.75) is 57.4 Å². The van der Waals surface area contributed by atoms with Gasteiger partial charge in [0.15, 0.2) is 0 Å². The lowest BCUT2D eigenvalue weighted by Gasteiger charge is -2.26. The van der Waals surface area contributed by atoms with Gasteiger partial charge in [0.2, 0.25) is 17.6 Å². The van der Waals surface area contributed by atoms with Crippen LogP contribution in [0.5, 0.6) is 0 Å². The van der Waals surface area contributed by atoms with Gasteiger partial charge in [0.25, 0.3) is 6.43 Å². The quantitative estimate of drug-likeness (QED) is 0.509. The van der Waals surface area contributed by atoms with Crippen molar-refractivity contribution in [2.75, 3.05) is 6.54 Å². The van der Waals surface area contributed by atoms with Crippen LogP contribution in [0.3, 0.4) is 0 Å². The van der Waals surface area contributed by atoms with Gasteiger partial charge in [0.1, 0.15) is 18.8 Å². The van der Waals surface area contributed by atoms with E-state index in [0.29, 0.717) is 10.4 Å². The zero-order valence-corrected chi connectivity index (χ0v) is 19.8. The number of hydrogen-bond donors (Lipinski definition) is 1. The molecule has 2 aromatic heterocycles. The van der Waals surface area contributed by atoms with Crippen LogP contribution in [0.1, 0.15) is 61.3 Å². The first kappa shape index (κ1) is 25.3. The number of rotatable bonds is 8. The third-order valence-electron chi connectivity index (χ3n) is 6.10. The van der Waals surface area contributed by atoms with Crippen LogP contribution in [-0.2, 0) is 16.1 Å². The molecule has 0 spiro atoms. The van der Waals surface area contributed by atoms with Crippen molar-refractivity contribution < 1.29 is 22.8 Å². The van der Waals surface area contributed by atoms with E-state index in [0.717, 1.165) is 16.0 Å². The van der Waals surface area contributed by atoms with Crippen molar-refractivity contribution in [3.8, 4) is 0 Å². The van der Waals surface area contributed by atoms with Gasteiger partial charge in [0, 0.05) is 12.6 Å². The Labute approximate surface area is 205 Å². The van der Waals surface area contributed by atoms with Crippen LogP contribution < -0.4 is 5.32 Å². The van der Waals surface area contributed by atoms with Gasteiger partial charge in [-0.05, 0) is 33.5 Å². The minimum atomic E-state index is -2.99. The summed E-state index contributed by atoms with van der Waals surface area (Å²) in [5.41, 5.74) is 2.39. The van der Waals surface area contributed by atoms with Crippen molar-refractivity contribution in [1.82, 2.24) is 35.4 Å². The third-order valence-corrected chi connectivity index (χ3v) is 6.10. The highest BCUT2D eigenvalue weighted by atomic mass is 19.3. The Kier molecular flexibility index (Phi) is 7.61. The highest BCUT2D eigenvalue weighted by Gasteiger charge is 2.41. The van der Waals surface area contributed by atoms with Crippen LogP contribution in [0, 0.1) is 0 Å². The average Bonchev–Trinajstić information content (AvgIpc) is 3.49. The number of carbonyl (C=O) groups excluding carboxylic acids is 2. The minimum Gasteiger partial charge on any atom is -0.342 e. The zero-order valence-electron chi connectivity index (χ0n) is 19.8. The molecule has 1 N–H and O–H groups in total. The fraction of sp³-hybridized carbons (Fsp3) is 0.417. The first-order valence-electron chi connectivity index (χ1n) is 11.5. The summed E-state index contributed by atoms with van der Waals surface area (Å²) >= 11 is 0. The van der Waals surface area contributed by atoms with Crippen LogP contribution in [-0.4, -0.2) is 60.7 Å². The predicted octanol–water partition coefficient (Wildman–Crippen LogP) is 2.97. The number of nitrogens with one attached hydrogen (secondary N) is 1. The number of tetrazole rings is 1. The van der Waals surface area contributed by atoms with Gasteiger partial charge in [0.05, 0.1) is 18.3 Å². The van der Waals surface area contributed by atoms with E-state index in [2.05, 4.69) is 25.8 Å². The van der Waals surface area contributed by atoms with Crippen LogP contribution in [0.15, 0.2) is 48.7 Å². The number of benzene rings is 1. The normalized spacial score (nSPS) is 18.6. The molecule has 3 heterocycles. The van der Waals surface area contributed by atoms with Crippen molar-refractivity contribution in [3.63, 3.8) is 0 Å². The number of amides is 2. The molecule has 1 saturated heterocycles. The number of nitrogens with zero attached hydrogens (tertiary/aromatic N) is 6. The molecule has 9 nitrogen and oxygen atoms in total. The van der Waals surface area contributed by atoms with Crippen molar-refractivity contribution in [2.24, 2.45) is 0 Å². The van der Waals surface area contributed by atoms with E-state index in [4.69, 9.17) is 0 Å². The molecule has 12 heteroatoms. The van der Waals surface area contributed by atoms with Crippen molar-refractivity contribution in [3.05, 3.63) is 71.3 Å². The highest BCUT2D eigenvalue weighted by molar-refractivity contribution is 5.88. The van der Waals surface area contributed by atoms with Crippen LogP contribution in [0.25, 0.3) is 0 Å². The molecule has 0 radical (unpaired) electrons. The summed E-state index contributed by atoms with van der Waals surface area (Å²) in [5, 5.41) is 12.7. The number of alkyl halides is 3. The van der Waals surface area contributed by atoms with Gasteiger partial charge in [-0.15, -0.1) is 5.10 Å². The number of likely N-dealkylation sites (tertiary alicyclic amines) is 1. The number of halogens is 3. The summed E-state index contributed by atoms with van der Waals surface area (Å²) < 4.78 is 41.2. The molecule has 190 valence electrons. The van der Waals surface area contributed by atoms with Crippen LogP contribution >= 0.6 is 0 Å².